The number of aliphatic hydroxyl groups is 1. The minimum Gasteiger partial charge on any atom is -0.390 e. The van der Waals surface area contributed by atoms with Crippen LogP contribution in [0, 0.1) is 0 Å². The van der Waals surface area contributed by atoms with Crippen LogP contribution in [0.25, 0.3) is 11.4 Å². The van der Waals surface area contributed by atoms with E-state index >= 15 is 0 Å². The third-order valence-corrected chi connectivity index (χ3v) is 7.99. The molecule has 1 saturated heterocycles. The topological polar surface area (TPSA) is 134 Å². The number of amides is 2. The fraction of sp³-hybridized carbons (Fsp3) is 0.464. The number of carbonyl (C=O) groups is 2. The Morgan fingerprint density at radius 2 is 1.85 bits per heavy atom. The second-order valence-electron chi connectivity index (χ2n) is 10.6. The van der Waals surface area contributed by atoms with Gasteiger partial charge in [0.25, 0.3) is 11.5 Å². The molecular formula is C28H29ClF5N7O5. The average Bonchev–Trinajstić information content (AvgIpc) is 3.49. The van der Waals surface area contributed by atoms with E-state index in [0.717, 1.165) is 27.1 Å². The normalized spacial score (nSPS) is 16.1. The molecule has 2 aliphatic heterocycles. The number of nitrogens with one attached hydrogen (secondary N) is 1. The number of aromatic nitrogens is 4. The van der Waals surface area contributed by atoms with Crippen LogP contribution >= 0.6 is 11.6 Å². The van der Waals surface area contributed by atoms with Crippen molar-refractivity contribution in [1.82, 2.24) is 24.1 Å². The SMILES string of the molecule is CCc1c(N2CCN(C(=O)C(F)(F)CO)CC2)c(=O)n2nc(C3=CCOCC3)nc2n1CC(=O)Nc1ccc(C(F)(F)F)cc1Cl. The summed E-state index contributed by atoms with van der Waals surface area (Å²) in [4.78, 5) is 46.5. The number of alkyl halides is 5. The highest BCUT2D eigenvalue weighted by atomic mass is 35.5. The van der Waals surface area contributed by atoms with Crippen LogP contribution in [-0.4, -0.2) is 92.9 Å². The fourth-order valence-electron chi connectivity index (χ4n) is 5.35. The lowest BCUT2D eigenvalue weighted by molar-refractivity contribution is -0.163. The van der Waals surface area contributed by atoms with Gasteiger partial charge in [0.1, 0.15) is 18.8 Å². The number of rotatable bonds is 8. The number of nitrogens with zero attached hydrogens (tertiary/aromatic N) is 6. The largest absolute Gasteiger partial charge is 0.416 e. The lowest BCUT2D eigenvalue weighted by atomic mass is 10.1. The van der Waals surface area contributed by atoms with E-state index in [1.165, 1.54) is 4.57 Å². The molecule has 1 aromatic carbocycles. The number of hydrogen-bond donors (Lipinski definition) is 2. The summed E-state index contributed by atoms with van der Waals surface area (Å²) in [7, 11) is 0. The third kappa shape index (κ3) is 6.57. The minimum atomic E-state index is -4.64. The Hall–Kier alpha value is -4.09. The number of anilines is 2. The van der Waals surface area contributed by atoms with Crippen molar-refractivity contribution < 1.29 is 41.4 Å². The summed E-state index contributed by atoms with van der Waals surface area (Å²) >= 11 is 6.04. The van der Waals surface area contributed by atoms with Crippen molar-refractivity contribution in [3.63, 3.8) is 0 Å². The number of ether oxygens (including phenoxy) is 1. The van der Waals surface area contributed by atoms with E-state index in [2.05, 4.69) is 15.4 Å². The van der Waals surface area contributed by atoms with Crippen molar-refractivity contribution in [2.45, 2.75) is 38.4 Å². The molecule has 1 fully saturated rings. The maximum absolute atomic E-state index is 13.9. The zero-order chi connectivity index (χ0) is 33.4. The molecular weight excluding hydrogens is 645 g/mol. The predicted molar refractivity (Wildman–Crippen MR) is 156 cm³/mol. The van der Waals surface area contributed by atoms with Crippen LogP contribution in [0.4, 0.5) is 33.3 Å². The first kappa shape index (κ1) is 33.3. The van der Waals surface area contributed by atoms with Gasteiger partial charge in [-0.05, 0) is 36.6 Å². The van der Waals surface area contributed by atoms with Gasteiger partial charge in [0.2, 0.25) is 11.7 Å². The summed E-state index contributed by atoms with van der Waals surface area (Å²) in [6.45, 7) is 0.00544. The van der Waals surface area contributed by atoms with Gasteiger partial charge in [0, 0.05) is 26.2 Å². The number of aliphatic hydroxyl groups excluding tert-OH is 1. The summed E-state index contributed by atoms with van der Waals surface area (Å²) in [5.41, 5.74) is -0.444. The molecule has 2 amide bonds. The van der Waals surface area contributed by atoms with E-state index in [-0.39, 0.29) is 60.6 Å². The summed E-state index contributed by atoms with van der Waals surface area (Å²) < 4.78 is 74.9. The van der Waals surface area contributed by atoms with Crippen molar-refractivity contribution in [1.29, 1.82) is 0 Å². The standard InChI is InChI=1S/C28H29ClF5N7O5/c1-2-20-22(38-7-9-39(10-8-38)25(45)27(30,31)15-42)24(44)41-26(36-23(37-41)16-5-11-46-12-6-16)40(20)14-21(43)35-19-4-3-17(13-18(19)29)28(32,33)34/h3-5,13,42H,2,6-12,14-15H2,1H3,(H,35,43). The van der Waals surface area contributed by atoms with Gasteiger partial charge in [-0.1, -0.05) is 24.6 Å². The molecule has 0 radical (unpaired) electrons. The van der Waals surface area contributed by atoms with Crippen LogP contribution in [0.15, 0.2) is 29.1 Å². The van der Waals surface area contributed by atoms with Crippen molar-refractivity contribution in [2.24, 2.45) is 0 Å². The number of benzene rings is 1. The maximum Gasteiger partial charge on any atom is 0.416 e. The number of fused-ring (bicyclic) bond motifs is 1. The van der Waals surface area contributed by atoms with Crippen LogP contribution in [0.2, 0.25) is 5.02 Å². The predicted octanol–water partition coefficient (Wildman–Crippen LogP) is 2.84. The molecule has 0 unspecified atom stereocenters. The Balaban J connectivity index is 1.53. The highest BCUT2D eigenvalue weighted by Crippen LogP contribution is 2.34. The Morgan fingerprint density at radius 1 is 1.13 bits per heavy atom. The molecule has 12 nitrogen and oxygen atoms in total. The van der Waals surface area contributed by atoms with E-state index in [0.29, 0.717) is 31.4 Å². The van der Waals surface area contributed by atoms with E-state index in [9.17, 15) is 36.3 Å². The number of piperazine rings is 1. The molecule has 5 rings (SSSR count). The van der Waals surface area contributed by atoms with Gasteiger partial charge in [0.05, 0.1) is 35.2 Å². The van der Waals surface area contributed by atoms with Crippen LogP contribution in [0.5, 0.6) is 0 Å². The first-order valence-electron chi connectivity index (χ1n) is 14.2. The fourth-order valence-corrected chi connectivity index (χ4v) is 5.58. The lowest BCUT2D eigenvalue weighted by Gasteiger charge is -2.37. The van der Waals surface area contributed by atoms with E-state index in [1.807, 2.05) is 0 Å². The Kier molecular flexibility index (Phi) is 9.38. The van der Waals surface area contributed by atoms with Gasteiger partial charge in [0.15, 0.2) is 5.82 Å². The van der Waals surface area contributed by atoms with Crippen molar-refractivity contribution in [2.75, 3.05) is 56.2 Å². The summed E-state index contributed by atoms with van der Waals surface area (Å²) in [6, 6.07) is 2.50. The van der Waals surface area contributed by atoms with Crippen molar-refractivity contribution >= 4 is 46.1 Å². The highest BCUT2D eigenvalue weighted by molar-refractivity contribution is 6.33. The number of hydrogen-bond acceptors (Lipinski definition) is 8. The lowest BCUT2D eigenvalue weighted by Crippen LogP contribution is -2.55. The van der Waals surface area contributed by atoms with Gasteiger partial charge < -0.3 is 29.5 Å². The summed E-state index contributed by atoms with van der Waals surface area (Å²) in [6.07, 6.45) is -2.19. The third-order valence-electron chi connectivity index (χ3n) is 7.68. The molecule has 248 valence electrons. The molecule has 2 aromatic heterocycles. The van der Waals surface area contributed by atoms with Crippen LogP contribution in [-0.2, 0) is 33.5 Å². The molecule has 0 aliphatic carbocycles. The van der Waals surface area contributed by atoms with Crippen LogP contribution < -0.4 is 15.8 Å². The first-order chi connectivity index (χ1) is 21.7. The van der Waals surface area contributed by atoms with Gasteiger partial charge >= 0.3 is 12.1 Å². The van der Waals surface area contributed by atoms with Gasteiger partial charge in [-0.25, -0.2) is 0 Å². The zero-order valence-electron chi connectivity index (χ0n) is 24.4. The molecule has 0 atom stereocenters. The highest BCUT2D eigenvalue weighted by Gasteiger charge is 2.42. The first-order valence-corrected chi connectivity index (χ1v) is 14.6. The average molecular weight is 674 g/mol. The molecule has 18 heteroatoms. The molecule has 0 saturated carbocycles. The summed E-state index contributed by atoms with van der Waals surface area (Å²) in [5, 5.41) is 15.5. The molecule has 46 heavy (non-hydrogen) atoms. The molecule has 2 N–H and O–H groups in total. The van der Waals surface area contributed by atoms with Gasteiger partial charge in [-0.2, -0.15) is 31.5 Å². The molecule has 3 aromatic rings. The Bertz CT molecular complexity index is 1750. The minimum absolute atomic E-state index is 0.0155. The van der Waals surface area contributed by atoms with E-state index in [1.54, 1.807) is 17.9 Å². The second-order valence-corrected chi connectivity index (χ2v) is 11.0. The summed E-state index contributed by atoms with van der Waals surface area (Å²) in [5.74, 6) is -5.90. The van der Waals surface area contributed by atoms with Crippen LogP contribution in [0.3, 0.4) is 0 Å². The maximum atomic E-state index is 13.9. The van der Waals surface area contributed by atoms with Gasteiger partial charge in [-0.15, -0.1) is 5.10 Å². The smallest absolute Gasteiger partial charge is 0.390 e. The van der Waals surface area contributed by atoms with Gasteiger partial charge in [-0.3, -0.25) is 14.4 Å². The molecule has 0 bridgehead atoms. The van der Waals surface area contributed by atoms with Crippen molar-refractivity contribution in [3.05, 3.63) is 56.7 Å². The van der Waals surface area contributed by atoms with E-state index < -0.39 is 48.2 Å². The Morgan fingerprint density at radius 3 is 2.43 bits per heavy atom. The molecule has 2 aliphatic rings. The quantitative estimate of drug-likeness (QED) is 0.349. The number of halogens is 6. The second kappa shape index (κ2) is 13.0. The Labute approximate surface area is 263 Å². The number of carbonyl (C=O) groups excluding carboxylic acids is 2. The monoisotopic (exact) mass is 673 g/mol. The molecule has 0 spiro atoms. The van der Waals surface area contributed by atoms with Crippen molar-refractivity contribution in [3.8, 4) is 0 Å². The zero-order valence-corrected chi connectivity index (χ0v) is 25.2. The van der Waals surface area contributed by atoms with E-state index in [4.69, 9.17) is 21.4 Å². The van der Waals surface area contributed by atoms with Crippen LogP contribution in [0.1, 0.15) is 30.4 Å². The molecule has 4 heterocycles.